The number of hydrogen-bond donors (Lipinski definition) is 3. The van der Waals surface area contributed by atoms with Gasteiger partial charge < -0.3 is 49.3 Å². The number of halogens is 1. The highest BCUT2D eigenvalue weighted by atomic mass is 35.5. The topological polar surface area (TPSA) is 129 Å². The van der Waals surface area contributed by atoms with Crippen molar-refractivity contribution >= 4 is 29.1 Å². The lowest BCUT2D eigenvalue weighted by atomic mass is 10.2. The molecule has 2 amide bonds. The summed E-state index contributed by atoms with van der Waals surface area (Å²) in [5.41, 5.74) is 2.92. The average molecular weight is 701 g/mol. The first kappa shape index (κ1) is 43.7. The number of carbonyl (C=O) groups excluding carboxylic acids is 2. The van der Waals surface area contributed by atoms with Gasteiger partial charge in [0.05, 0.1) is 52.9 Å². The van der Waals surface area contributed by atoms with Crippen LogP contribution in [-0.2, 0) is 44.6 Å². The Morgan fingerprint density at radius 3 is 1.79 bits per heavy atom. The Kier molecular flexibility index (Phi) is 29.1. The molecule has 0 aliphatic heterocycles. The van der Waals surface area contributed by atoms with Crippen LogP contribution in [-0.4, -0.2) is 130 Å². The van der Waals surface area contributed by atoms with E-state index in [-0.39, 0.29) is 11.8 Å². The lowest BCUT2D eigenvalue weighted by molar-refractivity contribution is -0.122. The number of benzene rings is 1. The maximum atomic E-state index is 11.9. The highest BCUT2D eigenvalue weighted by molar-refractivity contribution is 6.18. The monoisotopic (exact) mass is 700 g/mol. The fourth-order valence-corrected chi connectivity index (χ4v) is 4.33. The number of alkyl halides is 1. The van der Waals surface area contributed by atoms with Crippen molar-refractivity contribution in [3.8, 4) is 0 Å². The molecule has 0 aliphatic rings. The van der Waals surface area contributed by atoms with Crippen molar-refractivity contribution in [3.05, 3.63) is 42.0 Å². The molecule has 13 heteroatoms. The van der Waals surface area contributed by atoms with Gasteiger partial charge in [-0.25, -0.2) is 0 Å². The van der Waals surface area contributed by atoms with Crippen LogP contribution in [0.2, 0.25) is 0 Å². The molecule has 0 atom stereocenters. The molecule has 0 aromatic heterocycles. The lowest BCUT2D eigenvalue weighted by Gasteiger charge is -2.18. The maximum absolute atomic E-state index is 11.9. The average Bonchev–Trinajstić information content (AvgIpc) is 3.08. The van der Waals surface area contributed by atoms with Crippen LogP contribution in [0.5, 0.6) is 0 Å². The first-order valence-electron chi connectivity index (χ1n) is 17.2. The molecular formula is C35H61ClN4O8. The van der Waals surface area contributed by atoms with Gasteiger partial charge in [0, 0.05) is 83.2 Å². The van der Waals surface area contributed by atoms with E-state index >= 15 is 0 Å². The Bertz CT molecular complexity index is 942. The van der Waals surface area contributed by atoms with Gasteiger partial charge in [0.2, 0.25) is 11.8 Å². The van der Waals surface area contributed by atoms with E-state index in [1.165, 1.54) is 11.3 Å². The molecule has 0 fully saturated rings. The number of nitrogens with one attached hydrogen (secondary N) is 3. The lowest BCUT2D eigenvalue weighted by Crippen LogP contribution is -2.27. The molecule has 0 spiro atoms. The van der Waals surface area contributed by atoms with Crippen molar-refractivity contribution in [2.24, 2.45) is 0 Å². The normalized spacial score (nSPS) is 11.1. The van der Waals surface area contributed by atoms with Gasteiger partial charge in [-0.1, -0.05) is 18.7 Å². The second-order valence-corrected chi connectivity index (χ2v) is 11.6. The van der Waals surface area contributed by atoms with Crippen molar-refractivity contribution < 1.29 is 38.0 Å². The molecule has 0 unspecified atom stereocenters. The van der Waals surface area contributed by atoms with Crippen LogP contribution < -0.4 is 20.9 Å². The first-order valence-corrected chi connectivity index (χ1v) is 17.7. The molecule has 1 aromatic rings. The number of anilines is 1. The summed E-state index contributed by atoms with van der Waals surface area (Å²) in [5.74, 6) is 0.424. The second-order valence-electron chi connectivity index (χ2n) is 11.2. The smallest absolute Gasteiger partial charge is 0.246 e. The summed E-state index contributed by atoms with van der Waals surface area (Å²) in [5, 5.41) is 9.05. The van der Waals surface area contributed by atoms with Crippen LogP contribution in [0.4, 0.5) is 5.69 Å². The van der Waals surface area contributed by atoms with Crippen molar-refractivity contribution in [2.45, 2.75) is 45.6 Å². The summed E-state index contributed by atoms with van der Waals surface area (Å²) in [6, 6.07) is 8.57. The number of nitrogens with zero attached hydrogens (tertiary/aromatic N) is 1. The van der Waals surface area contributed by atoms with E-state index in [9.17, 15) is 9.59 Å². The summed E-state index contributed by atoms with van der Waals surface area (Å²) < 4.78 is 33.1. The molecule has 48 heavy (non-hydrogen) atoms. The zero-order valence-corrected chi connectivity index (χ0v) is 30.1. The number of ether oxygens (including phenoxy) is 6. The number of rotatable bonds is 34. The van der Waals surface area contributed by atoms with Gasteiger partial charge >= 0.3 is 0 Å². The predicted molar refractivity (Wildman–Crippen MR) is 191 cm³/mol. The molecule has 0 saturated heterocycles. The minimum Gasteiger partial charge on any atom is -0.381 e. The third kappa shape index (κ3) is 26.6. The van der Waals surface area contributed by atoms with Crippen LogP contribution in [0.1, 0.15) is 44.6 Å². The maximum Gasteiger partial charge on any atom is 0.246 e. The van der Waals surface area contributed by atoms with E-state index in [2.05, 4.69) is 51.7 Å². The van der Waals surface area contributed by atoms with Crippen molar-refractivity contribution in [2.75, 3.05) is 123 Å². The van der Waals surface area contributed by atoms with E-state index in [1.807, 2.05) is 7.05 Å². The Hall–Kier alpha value is -2.29. The Morgan fingerprint density at radius 2 is 1.21 bits per heavy atom. The standard InChI is InChI=1S/C35H61ClN4O8/c1-31(2)35(42)39-16-23-46-25-27-48-29-28-47-26-24-45-22-12-34(41)38-15-7-21-44-19-5-4-18-43-20-6-14-37-30-32-8-10-33(11-9-32)40(3)17-13-36/h8-11,37H,1,4-7,12-30H2,2-3H3,(H,38,41)(H,39,42). The Balaban J connectivity index is 1.74. The van der Waals surface area contributed by atoms with E-state index < -0.39 is 0 Å². The van der Waals surface area contributed by atoms with Gasteiger partial charge in [0.1, 0.15) is 0 Å². The van der Waals surface area contributed by atoms with Gasteiger partial charge in [0.15, 0.2) is 0 Å². The molecule has 0 saturated carbocycles. The van der Waals surface area contributed by atoms with E-state index in [4.69, 9.17) is 40.0 Å². The highest BCUT2D eigenvalue weighted by Gasteiger charge is 2.03. The van der Waals surface area contributed by atoms with E-state index in [0.717, 1.165) is 58.5 Å². The van der Waals surface area contributed by atoms with Crippen LogP contribution in [0, 0.1) is 0 Å². The SMILES string of the molecule is C=C(C)C(=O)NCCOCCOCCOCCOCCC(=O)NCCCOCCCCOCCCNCc1ccc(N(C)CCCl)cc1. The molecule has 12 nitrogen and oxygen atoms in total. The number of amides is 2. The van der Waals surface area contributed by atoms with Crippen LogP contribution in [0.3, 0.4) is 0 Å². The fourth-order valence-electron chi connectivity index (χ4n) is 4.07. The summed E-state index contributed by atoms with van der Waals surface area (Å²) in [4.78, 5) is 25.4. The first-order chi connectivity index (χ1) is 23.4. The zero-order chi connectivity index (χ0) is 34.9. The van der Waals surface area contributed by atoms with Crippen LogP contribution in [0.25, 0.3) is 0 Å². The van der Waals surface area contributed by atoms with Gasteiger partial charge in [-0.3, -0.25) is 9.59 Å². The molecular weight excluding hydrogens is 640 g/mol. The molecule has 1 aromatic carbocycles. The van der Waals surface area contributed by atoms with Crippen molar-refractivity contribution in [3.63, 3.8) is 0 Å². The van der Waals surface area contributed by atoms with Gasteiger partial charge in [-0.15, -0.1) is 11.6 Å². The highest BCUT2D eigenvalue weighted by Crippen LogP contribution is 2.13. The summed E-state index contributed by atoms with van der Waals surface area (Å²) in [6.07, 6.45) is 4.02. The fraction of sp³-hybridized carbons (Fsp3) is 0.714. The molecule has 0 radical (unpaired) electrons. The molecule has 0 heterocycles. The van der Waals surface area contributed by atoms with E-state index in [1.54, 1.807) is 6.92 Å². The largest absolute Gasteiger partial charge is 0.381 e. The van der Waals surface area contributed by atoms with Crippen LogP contribution in [0.15, 0.2) is 36.4 Å². The molecule has 1 rings (SSSR count). The Labute approximate surface area is 293 Å². The summed E-state index contributed by atoms with van der Waals surface area (Å²) in [7, 11) is 2.05. The van der Waals surface area contributed by atoms with E-state index in [0.29, 0.717) is 97.0 Å². The van der Waals surface area contributed by atoms with Crippen molar-refractivity contribution in [1.29, 1.82) is 0 Å². The molecule has 0 aliphatic carbocycles. The minimum atomic E-state index is -0.168. The summed E-state index contributed by atoms with van der Waals surface area (Å²) in [6.45, 7) is 15.2. The van der Waals surface area contributed by atoms with Gasteiger partial charge in [-0.05, 0) is 56.8 Å². The van der Waals surface area contributed by atoms with Crippen molar-refractivity contribution in [1.82, 2.24) is 16.0 Å². The predicted octanol–water partition coefficient (Wildman–Crippen LogP) is 3.31. The van der Waals surface area contributed by atoms with Gasteiger partial charge in [0.25, 0.3) is 0 Å². The summed E-state index contributed by atoms with van der Waals surface area (Å²) >= 11 is 5.81. The second kappa shape index (κ2) is 31.9. The number of unbranched alkanes of at least 4 members (excludes halogenated alkanes) is 1. The molecule has 276 valence electrons. The minimum absolute atomic E-state index is 0.0300. The van der Waals surface area contributed by atoms with Gasteiger partial charge in [-0.2, -0.15) is 0 Å². The molecule has 0 bridgehead atoms. The third-order valence-electron chi connectivity index (χ3n) is 6.89. The third-order valence-corrected chi connectivity index (χ3v) is 7.06. The van der Waals surface area contributed by atoms with Crippen LogP contribution >= 0.6 is 11.6 Å². The Morgan fingerprint density at radius 1 is 0.688 bits per heavy atom. The quantitative estimate of drug-likeness (QED) is 0.0560. The zero-order valence-electron chi connectivity index (χ0n) is 29.4. The number of hydrogen-bond acceptors (Lipinski definition) is 10. The molecule has 3 N–H and O–H groups in total. The number of carbonyl (C=O) groups is 2.